The van der Waals surface area contributed by atoms with Crippen molar-refractivity contribution in [1.29, 1.82) is 0 Å². The normalized spacial score (nSPS) is 24.3. The van der Waals surface area contributed by atoms with E-state index in [1.165, 1.54) is 13.8 Å². The zero-order valence-corrected chi connectivity index (χ0v) is 13.3. The van der Waals surface area contributed by atoms with Crippen LogP contribution in [0.3, 0.4) is 0 Å². The molecule has 1 fully saturated rings. The first-order valence-corrected chi connectivity index (χ1v) is 8.60. The third kappa shape index (κ3) is 3.94. The van der Waals surface area contributed by atoms with E-state index in [0.29, 0.717) is 0 Å². The molecular weight excluding hydrogens is 300 g/mol. The van der Waals surface area contributed by atoms with Crippen LogP contribution in [0.15, 0.2) is 0 Å². The number of carbonyl (C=O) groups is 2. The van der Waals surface area contributed by atoms with E-state index >= 15 is 0 Å². The number of aliphatic carboxylic acids is 1. The molecule has 8 heteroatoms. The summed E-state index contributed by atoms with van der Waals surface area (Å²) in [7, 11) is -3.37. The van der Waals surface area contributed by atoms with Crippen LogP contribution >= 0.6 is 0 Å². The first-order valence-electron chi connectivity index (χ1n) is 6.78. The van der Waals surface area contributed by atoms with Gasteiger partial charge in [-0.05, 0) is 27.2 Å². The Balaban J connectivity index is 3.31. The zero-order valence-electron chi connectivity index (χ0n) is 12.5. The molecule has 0 saturated carbocycles. The van der Waals surface area contributed by atoms with Gasteiger partial charge >= 0.3 is 11.9 Å². The van der Waals surface area contributed by atoms with Gasteiger partial charge in [-0.2, -0.15) is 0 Å². The lowest BCUT2D eigenvalue weighted by molar-refractivity contribution is -0.178. The van der Waals surface area contributed by atoms with Crippen LogP contribution in [-0.4, -0.2) is 54.3 Å². The van der Waals surface area contributed by atoms with Crippen LogP contribution < -0.4 is 0 Å². The number of hydrogen-bond acceptors (Lipinski definition) is 6. The average molecular weight is 322 g/mol. The highest BCUT2D eigenvalue weighted by atomic mass is 32.2. The molecule has 0 bridgehead atoms. The summed E-state index contributed by atoms with van der Waals surface area (Å²) in [4.78, 5) is 24.1. The lowest BCUT2D eigenvalue weighted by Crippen LogP contribution is -2.51. The average Bonchev–Trinajstić information content (AvgIpc) is 2.65. The van der Waals surface area contributed by atoms with Gasteiger partial charge in [0, 0.05) is 12.3 Å². The fourth-order valence-corrected chi connectivity index (χ4v) is 4.72. The van der Waals surface area contributed by atoms with Crippen molar-refractivity contribution in [1.82, 2.24) is 0 Å². The molecule has 0 amide bonds. The second-order valence-corrected chi connectivity index (χ2v) is 8.31. The van der Waals surface area contributed by atoms with Crippen molar-refractivity contribution < 1.29 is 33.0 Å². The van der Waals surface area contributed by atoms with Crippen LogP contribution in [0.25, 0.3) is 0 Å². The van der Waals surface area contributed by atoms with Crippen molar-refractivity contribution >= 4 is 21.8 Å². The van der Waals surface area contributed by atoms with E-state index in [9.17, 15) is 28.2 Å². The molecule has 1 aliphatic heterocycles. The van der Waals surface area contributed by atoms with Crippen LogP contribution in [0.1, 0.15) is 33.6 Å². The Bertz CT molecular complexity index is 517. The highest BCUT2D eigenvalue weighted by Gasteiger charge is 2.58. The van der Waals surface area contributed by atoms with Crippen molar-refractivity contribution in [2.45, 2.75) is 39.2 Å². The molecule has 7 nitrogen and oxygen atoms in total. The third-order valence-electron chi connectivity index (χ3n) is 3.66. The molecule has 1 aliphatic rings. The summed E-state index contributed by atoms with van der Waals surface area (Å²) < 4.78 is 28.2. The quantitative estimate of drug-likeness (QED) is 0.530. The van der Waals surface area contributed by atoms with Gasteiger partial charge in [-0.1, -0.05) is 0 Å². The molecule has 21 heavy (non-hydrogen) atoms. The first-order chi connectivity index (χ1) is 9.44. The van der Waals surface area contributed by atoms with Crippen molar-refractivity contribution in [3.05, 3.63) is 0 Å². The van der Waals surface area contributed by atoms with E-state index in [2.05, 4.69) is 0 Å². The molecule has 0 radical (unpaired) electrons. The third-order valence-corrected chi connectivity index (χ3v) is 5.43. The number of sulfone groups is 1. The van der Waals surface area contributed by atoms with Gasteiger partial charge in [-0.3, -0.25) is 9.59 Å². The second-order valence-electron chi connectivity index (χ2n) is 6.09. The Kier molecular flexibility index (Phi) is 5.05. The maximum atomic E-state index is 12.3. The minimum atomic E-state index is -3.37. The van der Waals surface area contributed by atoms with Gasteiger partial charge in [-0.25, -0.2) is 8.42 Å². The molecule has 2 atom stereocenters. The Morgan fingerprint density at radius 1 is 1.33 bits per heavy atom. The lowest BCUT2D eigenvalue weighted by Gasteiger charge is -2.36. The minimum absolute atomic E-state index is 0.0147. The van der Waals surface area contributed by atoms with Gasteiger partial charge < -0.3 is 14.9 Å². The molecule has 0 aromatic heterocycles. The number of ether oxygens (including phenoxy) is 1. The molecule has 0 aromatic carbocycles. The Morgan fingerprint density at radius 3 is 2.24 bits per heavy atom. The van der Waals surface area contributed by atoms with Gasteiger partial charge in [0.2, 0.25) is 0 Å². The molecule has 0 aromatic rings. The maximum absolute atomic E-state index is 12.3. The monoisotopic (exact) mass is 322 g/mol. The van der Waals surface area contributed by atoms with Gasteiger partial charge in [0.05, 0.1) is 23.7 Å². The van der Waals surface area contributed by atoms with Crippen LogP contribution in [0.2, 0.25) is 0 Å². The molecule has 1 heterocycles. The molecule has 0 aliphatic carbocycles. The number of aliphatic hydroxyl groups is 1. The Hall–Kier alpha value is -1.15. The fourth-order valence-electron chi connectivity index (χ4n) is 2.85. The van der Waals surface area contributed by atoms with Gasteiger partial charge in [0.15, 0.2) is 15.3 Å². The van der Waals surface area contributed by atoms with E-state index in [1.54, 1.807) is 6.92 Å². The molecule has 122 valence electrons. The molecule has 1 rings (SSSR count). The Morgan fingerprint density at radius 2 is 1.90 bits per heavy atom. The van der Waals surface area contributed by atoms with Crippen molar-refractivity contribution in [2.24, 2.45) is 11.3 Å². The first kappa shape index (κ1) is 17.9. The van der Waals surface area contributed by atoms with Crippen molar-refractivity contribution in [3.8, 4) is 0 Å². The summed E-state index contributed by atoms with van der Waals surface area (Å²) in [6.45, 7) is 4.29. The van der Waals surface area contributed by atoms with Crippen LogP contribution in [0, 0.1) is 11.3 Å². The number of carbonyl (C=O) groups excluding carboxylic acids is 1. The van der Waals surface area contributed by atoms with Gasteiger partial charge in [0.1, 0.15) is 0 Å². The van der Waals surface area contributed by atoms with E-state index in [-0.39, 0.29) is 24.5 Å². The van der Waals surface area contributed by atoms with E-state index < -0.39 is 45.1 Å². The summed E-state index contributed by atoms with van der Waals surface area (Å²) in [5.41, 5.74) is -3.49. The largest absolute Gasteiger partial charge is 0.480 e. The van der Waals surface area contributed by atoms with Gasteiger partial charge in [0.25, 0.3) is 0 Å². The van der Waals surface area contributed by atoms with Crippen molar-refractivity contribution in [2.75, 3.05) is 18.1 Å². The summed E-state index contributed by atoms with van der Waals surface area (Å²) >= 11 is 0. The zero-order chi connectivity index (χ0) is 16.5. The van der Waals surface area contributed by atoms with Gasteiger partial charge in [-0.15, -0.1) is 0 Å². The molecular formula is C13H22O7S. The SMILES string of the molecule is CCOC(=O)C(CC(C)(C)O)(C(=O)O)C1CCS(=O)(=O)C1. The van der Waals surface area contributed by atoms with E-state index in [0.717, 1.165) is 0 Å². The summed E-state index contributed by atoms with van der Waals surface area (Å²) in [5, 5.41) is 19.6. The number of carboxylic acids is 1. The number of carboxylic acid groups (broad SMARTS) is 1. The predicted molar refractivity (Wildman–Crippen MR) is 74.4 cm³/mol. The minimum Gasteiger partial charge on any atom is -0.480 e. The summed E-state index contributed by atoms with van der Waals surface area (Å²) in [5.74, 6) is -3.87. The fraction of sp³-hybridized carbons (Fsp3) is 0.846. The Labute approximate surface area is 124 Å². The summed E-state index contributed by atoms with van der Waals surface area (Å²) in [6, 6.07) is 0. The molecule has 0 spiro atoms. The number of esters is 1. The topological polar surface area (TPSA) is 118 Å². The smallest absolute Gasteiger partial charge is 0.323 e. The van der Waals surface area contributed by atoms with Crippen LogP contribution in [-0.2, 0) is 24.2 Å². The maximum Gasteiger partial charge on any atom is 0.323 e. The summed E-state index contributed by atoms with van der Waals surface area (Å²) in [6.07, 6.45) is -0.322. The van der Waals surface area contributed by atoms with Crippen LogP contribution in [0.4, 0.5) is 0 Å². The van der Waals surface area contributed by atoms with Crippen LogP contribution in [0.5, 0.6) is 0 Å². The molecule has 2 unspecified atom stereocenters. The molecule has 2 N–H and O–H groups in total. The number of rotatable bonds is 6. The predicted octanol–water partition coefficient (Wildman–Crippen LogP) is 0.216. The number of hydrogen-bond donors (Lipinski definition) is 2. The lowest BCUT2D eigenvalue weighted by atomic mass is 9.68. The van der Waals surface area contributed by atoms with E-state index in [4.69, 9.17) is 4.74 Å². The second kappa shape index (κ2) is 5.92. The van der Waals surface area contributed by atoms with Crippen molar-refractivity contribution in [3.63, 3.8) is 0 Å². The molecule has 1 saturated heterocycles. The van der Waals surface area contributed by atoms with E-state index in [1.807, 2.05) is 0 Å². The standard InChI is InChI=1S/C13H22O7S/c1-4-20-11(16)13(10(14)15,8-12(2,3)17)9-5-6-21(18,19)7-9/h9,17H,4-8H2,1-3H3,(H,14,15). The highest BCUT2D eigenvalue weighted by molar-refractivity contribution is 7.91. The highest BCUT2D eigenvalue weighted by Crippen LogP contribution is 2.43.